The Hall–Kier alpha value is -2.62. The molecule has 0 atom stereocenters. The van der Waals surface area contributed by atoms with Gasteiger partial charge in [0.05, 0.1) is 45.4 Å². The van der Waals surface area contributed by atoms with Crippen LogP contribution in [0.5, 0.6) is 23.3 Å². The molecule has 3 rings (SSSR count). The molecule has 260 valence electrons. The lowest BCUT2D eigenvalue weighted by Gasteiger charge is -2.37. The summed E-state index contributed by atoms with van der Waals surface area (Å²) in [5.41, 5.74) is 3.60. The molecule has 2 aromatic rings. The molecule has 0 aliphatic carbocycles. The minimum Gasteiger partial charge on any atom is -0.487 e. The van der Waals surface area contributed by atoms with E-state index in [0.717, 1.165) is 62.6 Å². The summed E-state index contributed by atoms with van der Waals surface area (Å²) in [7, 11) is 4.98. The molecule has 1 aliphatic heterocycles. The van der Waals surface area contributed by atoms with Crippen molar-refractivity contribution in [3.05, 3.63) is 34.6 Å². The lowest BCUT2D eigenvalue weighted by molar-refractivity contribution is 0.0320. The fourth-order valence-electron chi connectivity index (χ4n) is 5.85. The molecule has 1 fully saturated rings. The van der Waals surface area contributed by atoms with Gasteiger partial charge < -0.3 is 28.4 Å². The molecule has 1 saturated heterocycles. The van der Waals surface area contributed by atoms with Crippen molar-refractivity contribution in [1.29, 1.82) is 0 Å². The highest BCUT2D eigenvalue weighted by molar-refractivity contribution is 5.47. The quantitative estimate of drug-likeness (QED) is 0.193. The fourth-order valence-corrected chi connectivity index (χ4v) is 5.85. The minimum atomic E-state index is -0.252. The largest absolute Gasteiger partial charge is 0.487 e. The third-order valence-corrected chi connectivity index (χ3v) is 8.87. The monoisotopic (exact) mass is 643 g/mol. The minimum absolute atomic E-state index is 0.145. The van der Waals surface area contributed by atoms with Gasteiger partial charge >= 0.3 is 0 Å². The Kier molecular flexibility index (Phi) is 12.8. The maximum Gasteiger partial charge on any atom is 0.257 e. The first kappa shape index (κ1) is 37.8. The Balaban J connectivity index is 1.95. The summed E-state index contributed by atoms with van der Waals surface area (Å²) in [5, 5.41) is 0. The zero-order valence-corrected chi connectivity index (χ0v) is 31.0. The van der Waals surface area contributed by atoms with Gasteiger partial charge in [-0.25, -0.2) is 9.97 Å². The van der Waals surface area contributed by atoms with Crippen LogP contribution in [0.1, 0.15) is 105 Å². The lowest BCUT2D eigenvalue weighted by atomic mass is 9.69. The second-order valence-corrected chi connectivity index (χ2v) is 15.7. The number of ether oxygens (including phenoxy) is 6. The molecule has 3 heterocycles. The predicted molar refractivity (Wildman–Crippen MR) is 184 cm³/mol. The van der Waals surface area contributed by atoms with Gasteiger partial charge in [-0.1, -0.05) is 69.2 Å². The van der Waals surface area contributed by atoms with Crippen molar-refractivity contribution in [1.82, 2.24) is 14.9 Å². The Bertz CT molecular complexity index is 1270. The van der Waals surface area contributed by atoms with Crippen LogP contribution in [-0.4, -0.2) is 88.9 Å². The van der Waals surface area contributed by atoms with Gasteiger partial charge in [-0.2, -0.15) is 0 Å². The number of methoxy groups -OCH3 is 3. The van der Waals surface area contributed by atoms with E-state index in [2.05, 4.69) is 86.3 Å². The SMILES string of the molecule is COCCOc1cc(C(C)(C)C)c(C(C)(C)CCC(C)(C)c2cc(OCCN3CCOCC3)c(OC)nc2C(C)(C)C)nc1OC. The molecule has 0 aromatic carbocycles. The summed E-state index contributed by atoms with van der Waals surface area (Å²) in [6, 6.07) is 4.28. The van der Waals surface area contributed by atoms with E-state index < -0.39 is 0 Å². The molecule has 0 saturated carbocycles. The zero-order valence-electron chi connectivity index (χ0n) is 31.0. The third kappa shape index (κ3) is 9.71. The average Bonchev–Trinajstić information content (AvgIpc) is 2.99. The van der Waals surface area contributed by atoms with E-state index in [9.17, 15) is 0 Å². The van der Waals surface area contributed by atoms with E-state index >= 15 is 0 Å². The first-order valence-electron chi connectivity index (χ1n) is 16.7. The summed E-state index contributed by atoms with van der Waals surface area (Å²) < 4.78 is 34.6. The highest BCUT2D eigenvalue weighted by Crippen LogP contribution is 2.45. The van der Waals surface area contributed by atoms with Crippen molar-refractivity contribution in [3.63, 3.8) is 0 Å². The van der Waals surface area contributed by atoms with Crippen LogP contribution in [0.3, 0.4) is 0 Å². The van der Waals surface area contributed by atoms with Crippen LogP contribution in [0.2, 0.25) is 0 Å². The van der Waals surface area contributed by atoms with E-state index in [-0.39, 0.29) is 21.7 Å². The first-order valence-corrected chi connectivity index (χ1v) is 16.7. The zero-order chi connectivity index (χ0) is 34.3. The van der Waals surface area contributed by atoms with Crippen LogP contribution < -0.4 is 18.9 Å². The van der Waals surface area contributed by atoms with Gasteiger partial charge in [0, 0.05) is 37.6 Å². The standard InChI is InChI=1S/C37H61N3O6/c1-34(2,3)26-24-28(46-23-22-41-11)33(43-13)39-31(26)37(9,10)15-14-36(7,8)27-25-29(32(42-12)38-30(27)35(4,5)6)45-21-18-40-16-19-44-20-17-40/h24-25H,14-23H2,1-13H3. The molecule has 2 aromatic heterocycles. The Labute approximate surface area is 278 Å². The molecular formula is C37H61N3O6. The lowest BCUT2D eigenvalue weighted by Crippen LogP contribution is -2.38. The molecule has 0 spiro atoms. The first-order chi connectivity index (χ1) is 21.4. The average molecular weight is 644 g/mol. The van der Waals surface area contributed by atoms with Crippen LogP contribution in [0, 0.1) is 0 Å². The number of hydrogen-bond acceptors (Lipinski definition) is 9. The normalized spacial score (nSPS) is 15.2. The van der Waals surface area contributed by atoms with Gasteiger partial charge in [0.2, 0.25) is 0 Å². The Morgan fingerprint density at radius 2 is 1.17 bits per heavy atom. The third-order valence-electron chi connectivity index (χ3n) is 8.87. The Morgan fingerprint density at radius 3 is 1.70 bits per heavy atom. The molecule has 1 aliphatic rings. The maximum absolute atomic E-state index is 6.36. The van der Waals surface area contributed by atoms with Crippen molar-refractivity contribution in [2.45, 2.75) is 104 Å². The number of rotatable bonds is 15. The van der Waals surface area contributed by atoms with Crippen LogP contribution in [-0.2, 0) is 31.1 Å². The molecule has 0 bridgehead atoms. The van der Waals surface area contributed by atoms with Crippen molar-refractivity contribution < 1.29 is 28.4 Å². The van der Waals surface area contributed by atoms with Gasteiger partial charge in [-0.05, 0) is 46.9 Å². The summed E-state index contributed by atoms with van der Waals surface area (Å²) in [6.07, 6.45) is 1.80. The smallest absolute Gasteiger partial charge is 0.257 e. The summed E-state index contributed by atoms with van der Waals surface area (Å²) in [4.78, 5) is 12.5. The van der Waals surface area contributed by atoms with E-state index in [1.54, 1.807) is 21.3 Å². The van der Waals surface area contributed by atoms with Gasteiger partial charge in [-0.3, -0.25) is 4.90 Å². The predicted octanol–water partition coefficient (Wildman–Crippen LogP) is 6.86. The maximum atomic E-state index is 6.36. The molecule has 0 N–H and O–H groups in total. The second kappa shape index (κ2) is 15.5. The number of aromatic nitrogens is 2. The van der Waals surface area contributed by atoms with Gasteiger partial charge in [0.15, 0.2) is 11.5 Å². The molecule has 0 unspecified atom stereocenters. The number of morpholine rings is 1. The highest BCUT2D eigenvalue weighted by atomic mass is 16.5. The van der Waals surface area contributed by atoms with Crippen LogP contribution in [0.15, 0.2) is 12.1 Å². The van der Waals surface area contributed by atoms with E-state index in [1.807, 2.05) is 0 Å². The number of hydrogen-bond donors (Lipinski definition) is 0. The van der Waals surface area contributed by atoms with Crippen LogP contribution in [0.25, 0.3) is 0 Å². The Morgan fingerprint density at radius 1 is 0.652 bits per heavy atom. The number of pyridine rings is 2. The molecule has 9 heteroatoms. The van der Waals surface area contributed by atoms with Crippen molar-refractivity contribution in [2.75, 3.05) is 74.0 Å². The van der Waals surface area contributed by atoms with Gasteiger partial charge in [0.1, 0.15) is 13.2 Å². The van der Waals surface area contributed by atoms with Crippen molar-refractivity contribution in [3.8, 4) is 23.3 Å². The molecule has 0 amide bonds. The second-order valence-electron chi connectivity index (χ2n) is 15.7. The van der Waals surface area contributed by atoms with E-state index in [4.69, 9.17) is 38.4 Å². The molecule has 0 radical (unpaired) electrons. The van der Waals surface area contributed by atoms with Gasteiger partial charge in [-0.15, -0.1) is 0 Å². The van der Waals surface area contributed by atoms with Gasteiger partial charge in [0.25, 0.3) is 11.8 Å². The summed E-state index contributed by atoms with van der Waals surface area (Å²) in [5.74, 6) is 2.37. The van der Waals surface area contributed by atoms with E-state index in [0.29, 0.717) is 43.1 Å². The summed E-state index contributed by atoms with van der Waals surface area (Å²) in [6.45, 7) is 28.2. The number of nitrogens with zero attached hydrogens (tertiary/aromatic N) is 3. The van der Waals surface area contributed by atoms with Crippen LogP contribution in [0.4, 0.5) is 0 Å². The van der Waals surface area contributed by atoms with Crippen molar-refractivity contribution >= 4 is 0 Å². The van der Waals surface area contributed by atoms with Crippen molar-refractivity contribution in [2.24, 2.45) is 0 Å². The molecule has 9 nitrogen and oxygen atoms in total. The topological polar surface area (TPSA) is 84.4 Å². The highest BCUT2D eigenvalue weighted by Gasteiger charge is 2.37. The fraction of sp³-hybridized carbons (Fsp3) is 0.730. The van der Waals surface area contributed by atoms with Crippen LogP contribution >= 0.6 is 0 Å². The molecule has 46 heavy (non-hydrogen) atoms. The molecular weight excluding hydrogens is 582 g/mol. The van der Waals surface area contributed by atoms with E-state index in [1.165, 1.54) is 5.56 Å². The summed E-state index contributed by atoms with van der Waals surface area (Å²) >= 11 is 0.